The van der Waals surface area contributed by atoms with E-state index in [1.807, 2.05) is 12.1 Å². The fourth-order valence-corrected chi connectivity index (χ4v) is 4.40. The number of hydrogen-bond donors (Lipinski definition) is 1. The fourth-order valence-electron chi connectivity index (χ4n) is 4.40. The molecule has 3 atom stereocenters. The molecule has 0 bridgehead atoms. The van der Waals surface area contributed by atoms with Crippen molar-refractivity contribution in [2.75, 3.05) is 34.4 Å². The van der Waals surface area contributed by atoms with Gasteiger partial charge in [-0.25, -0.2) is 0 Å². The highest BCUT2D eigenvalue weighted by Crippen LogP contribution is 2.54. The molecule has 0 aromatic heterocycles. The van der Waals surface area contributed by atoms with Crippen molar-refractivity contribution < 1.29 is 19.3 Å². The molecule has 0 fully saturated rings. The Morgan fingerprint density at radius 3 is 2.62 bits per heavy atom. The second-order valence-corrected chi connectivity index (χ2v) is 6.57. The monoisotopic (exact) mass is 329 g/mol. The zero-order valence-corrected chi connectivity index (χ0v) is 14.3. The predicted octanol–water partition coefficient (Wildman–Crippen LogP) is 2.16. The minimum atomic E-state index is -0.537. The molecule has 4 rings (SSSR count). The van der Waals surface area contributed by atoms with Gasteiger partial charge in [0.05, 0.1) is 32.0 Å². The van der Waals surface area contributed by atoms with E-state index in [4.69, 9.17) is 14.2 Å². The van der Waals surface area contributed by atoms with Crippen LogP contribution in [0.3, 0.4) is 0 Å². The lowest BCUT2D eigenvalue weighted by atomic mass is 9.71. The summed E-state index contributed by atoms with van der Waals surface area (Å²) in [6.45, 7) is 1.44. The first-order valence-electron chi connectivity index (χ1n) is 8.25. The Morgan fingerprint density at radius 2 is 1.92 bits per heavy atom. The number of rotatable bonds is 3. The van der Waals surface area contributed by atoms with Gasteiger partial charge in [-0.1, -0.05) is 18.2 Å². The molecule has 1 aromatic carbocycles. The molecular formula is C19H23NO4. The maximum absolute atomic E-state index is 10.7. The summed E-state index contributed by atoms with van der Waals surface area (Å²) in [5, 5.41) is 10.7. The summed E-state index contributed by atoms with van der Waals surface area (Å²) in [4.78, 5) is 2.34. The van der Waals surface area contributed by atoms with Gasteiger partial charge in [0.15, 0.2) is 11.5 Å². The van der Waals surface area contributed by atoms with Crippen molar-refractivity contribution in [2.45, 2.75) is 24.2 Å². The largest absolute Gasteiger partial charge is 0.493 e. The van der Waals surface area contributed by atoms with Gasteiger partial charge >= 0.3 is 0 Å². The second kappa shape index (κ2) is 5.62. The van der Waals surface area contributed by atoms with Crippen LogP contribution in [0.1, 0.15) is 23.7 Å². The first kappa shape index (κ1) is 15.7. The minimum Gasteiger partial charge on any atom is -0.493 e. The Kier molecular flexibility index (Phi) is 3.67. The molecule has 3 aliphatic rings. The zero-order valence-electron chi connectivity index (χ0n) is 14.3. The average Bonchev–Trinajstić information content (AvgIpc) is 2.99. The Bertz CT molecular complexity index is 726. The first-order chi connectivity index (χ1) is 11.6. The van der Waals surface area contributed by atoms with Crippen LogP contribution >= 0.6 is 0 Å². The fraction of sp³-hybridized carbons (Fsp3) is 0.474. The van der Waals surface area contributed by atoms with E-state index >= 15 is 0 Å². The van der Waals surface area contributed by atoms with Crippen molar-refractivity contribution in [1.82, 2.24) is 4.90 Å². The van der Waals surface area contributed by atoms with Crippen LogP contribution in [0.15, 0.2) is 35.9 Å². The van der Waals surface area contributed by atoms with Crippen LogP contribution in [0, 0.1) is 0 Å². The van der Waals surface area contributed by atoms with Crippen molar-refractivity contribution in [2.24, 2.45) is 0 Å². The van der Waals surface area contributed by atoms with Gasteiger partial charge in [-0.3, -0.25) is 4.90 Å². The van der Waals surface area contributed by atoms with Crippen molar-refractivity contribution in [3.05, 3.63) is 47.1 Å². The number of fused-ring (bicyclic) bond motifs is 1. The summed E-state index contributed by atoms with van der Waals surface area (Å²) >= 11 is 0. The van der Waals surface area contributed by atoms with Crippen molar-refractivity contribution in [1.29, 1.82) is 0 Å². The molecule has 0 radical (unpaired) electrons. The highest BCUT2D eigenvalue weighted by Gasteiger charge is 2.52. The van der Waals surface area contributed by atoms with Crippen molar-refractivity contribution >= 4 is 0 Å². The molecule has 5 nitrogen and oxygen atoms in total. The van der Waals surface area contributed by atoms with E-state index in [1.165, 1.54) is 5.57 Å². The highest BCUT2D eigenvalue weighted by molar-refractivity contribution is 5.58. The van der Waals surface area contributed by atoms with Gasteiger partial charge in [0.1, 0.15) is 0 Å². The highest BCUT2D eigenvalue weighted by atomic mass is 16.5. The second-order valence-electron chi connectivity index (χ2n) is 6.57. The molecule has 1 aliphatic carbocycles. The third kappa shape index (κ3) is 1.98. The van der Waals surface area contributed by atoms with Gasteiger partial charge in [0, 0.05) is 26.6 Å². The number of aliphatic hydroxyl groups excluding tert-OH is 1. The number of methoxy groups -OCH3 is 3. The van der Waals surface area contributed by atoms with E-state index in [-0.39, 0.29) is 11.6 Å². The van der Waals surface area contributed by atoms with Crippen LogP contribution in [-0.4, -0.2) is 50.5 Å². The van der Waals surface area contributed by atoms with Gasteiger partial charge in [-0.2, -0.15) is 0 Å². The van der Waals surface area contributed by atoms with Crippen LogP contribution in [0.4, 0.5) is 0 Å². The lowest BCUT2D eigenvalue weighted by molar-refractivity contribution is 0.0107. The normalized spacial score (nSPS) is 31.1. The molecule has 0 saturated heterocycles. The van der Waals surface area contributed by atoms with Crippen LogP contribution in [0.5, 0.6) is 11.5 Å². The molecule has 0 amide bonds. The van der Waals surface area contributed by atoms with E-state index in [0.29, 0.717) is 18.0 Å². The molecule has 2 aliphatic heterocycles. The number of benzene rings is 1. The van der Waals surface area contributed by atoms with Crippen LogP contribution in [0.2, 0.25) is 0 Å². The lowest BCUT2D eigenvalue weighted by Gasteiger charge is -2.49. The summed E-state index contributed by atoms with van der Waals surface area (Å²) in [6, 6.07) is 3.94. The number of hydrogen-bond acceptors (Lipinski definition) is 5. The summed E-state index contributed by atoms with van der Waals surface area (Å²) < 4.78 is 16.6. The Balaban J connectivity index is 1.94. The Hall–Kier alpha value is -1.82. The minimum absolute atomic E-state index is 0.0546. The van der Waals surface area contributed by atoms with E-state index in [0.717, 1.165) is 24.1 Å². The first-order valence-corrected chi connectivity index (χ1v) is 8.25. The average molecular weight is 329 g/mol. The molecular weight excluding hydrogens is 306 g/mol. The molecule has 0 unspecified atom stereocenters. The zero-order chi connectivity index (χ0) is 16.9. The Morgan fingerprint density at radius 1 is 1.17 bits per heavy atom. The quantitative estimate of drug-likeness (QED) is 0.921. The van der Waals surface area contributed by atoms with Gasteiger partial charge in [0.2, 0.25) is 0 Å². The molecule has 0 saturated carbocycles. The van der Waals surface area contributed by atoms with E-state index in [9.17, 15) is 5.11 Å². The standard InChI is InChI=1S/C19H23NO4/c1-22-13-5-4-12-6-7-20-11-16(21)14-8-17(23-2)18(24-3)9-15(14)19(12,20)10-13/h4-6,8-9,13,16,21H,7,10-11H2,1-3H3/t13-,16-,19+/m0/s1. The third-order valence-electron chi connectivity index (χ3n) is 5.59. The number of aliphatic hydroxyl groups is 1. The number of nitrogens with zero attached hydrogens (tertiary/aromatic N) is 1. The van der Waals surface area contributed by atoms with E-state index in [1.54, 1.807) is 21.3 Å². The molecule has 5 heteroatoms. The summed E-state index contributed by atoms with van der Waals surface area (Å²) in [5.74, 6) is 1.34. The van der Waals surface area contributed by atoms with E-state index in [2.05, 4.69) is 23.1 Å². The van der Waals surface area contributed by atoms with Crippen molar-refractivity contribution in [3.8, 4) is 11.5 Å². The molecule has 2 heterocycles. The molecule has 1 N–H and O–H groups in total. The van der Waals surface area contributed by atoms with Gasteiger partial charge in [0.25, 0.3) is 0 Å². The predicted molar refractivity (Wildman–Crippen MR) is 90.4 cm³/mol. The summed E-state index contributed by atoms with van der Waals surface area (Å²) in [7, 11) is 5.01. The topological polar surface area (TPSA) is 51.2 Å². The number of ether oxygens (including phenoxy) is 3. The lowest BCUT2D eigenvalue weighted by Crippen LogP contribution is -2.52. The summed E-state index contributed by atoms with van der Waals surface area (Å²) in [5.41, 5.74) is 3.02. The summed E-state index contributed by atoms with van der Waals surface area (Å²) in [6.07, 6.45) is 6.88. The molecule has 24 heavy (non-hydrogen) atoms. The molecule has 128 valence electrons. The molecule has 1 aromatic rings. The SMILES string of the molecule is COc1cc2c(cc1OC)[C@@]13C[C@@H](OC)C=CC1=CCN3C[C@@H]2O. The van der Waals surface area contributed by atoms with Crippen molar-refractivity contribution in [3.63, 3.8) is 0 Å². The van der Waals surface area contributed by atoms with Crippen LogP contribution < -0.4 is 9.47 Å². The smallest absolute Gasteiger partial charge is 0.161 e. The Labute approximate surface area is 142 Å². The van der Waals surface area contributed by atoms with Gasteiger partial charge < -0.3 is 19.3 Å². The van der Waals surface area contributed by atoms with Crippen LogP contribution in [0.25, 0.3) is 0 Å². The van der Waals surface area contributed by atoms with Gasteiger partial charge in [-0.05, 0) is 28.8 Å². The maximum Gasteiger partial charge on any atom is 0.161 e. The third-order valence-corrected chi connectivity index (χ3v) is 5.59. The maximum atomic E-state index is 10.7. The van der Waals surface area contributed by atoms with E-state index < -0.39 is 6.10 Å². The van der Waals surface area contributed by atoms with Gasteiger partial charge in [-0.15, -0.1) is 0 Å². The van der Waals surface area contributed by atoms with Crippen LogP contribution in [-0.2, 0) is 10.3 Å². The molecule has 1 spiro atoms.